The predicted molar refractivity (Wildman–Crippen MR) is 60.2 cm³/mol. The first kappa shape index (κ1) is 12.0. The van der Waals surface area contributed by atoms with Crippen LogP contribution in [0.15, 0.2) is 0 Å². The van der Waals surface area contributed by atoms with Crippen molar-refractivity contribution in [1.82, 2.24) is 0 Å². The Hall–Kier alpha value is -0.0700. The van der Waals surface area contributed by atoms with Crippen LogP contribution in [-0.2, 0) is 0 Å². The van der Waals surface area contributed by atoms with Crippen molar-refractivity contribution in [2.24, 2.45) is 11.3 Å². The summed E-state index contributed by atoms with van der Waals surface area (Å²) in [5.74, 6) is 0.822. The molecule has 14 heavy (non-hydrogen) atoms. The highest BCUT2D eigenvalue weighted by Crippen LogP contribution is 2.50. The van der Waals surface area contributed by atoms with Crippen molar-refractivity contribution in [3.63, 3.8) is 0 Å². The van der Waals surface area contributed by atoms with Gasteiger partial charge in [0.15, 0.2) is 0 Å². The van der Waals surface area contributed by atoms with E-state index in [1.54, 1.807) is 0 Å². The van der Waals surface area contributed by atoms with E-state index in [0.29, 0.717) is 5.41 Å². The molecule has 1 heteroatoms. The second-order valence-electron chi connectivity index (χ2n) is 5.31. The van der Waals surface area contributed by atoms with Gasteiger partial charge >= 0.3 is 0 Å². The van der Waals surface area contributed by atoms with E-state index in [1.807, 2.05) is 0 Å². The lowest BCUT2D eigenvalue weighted by Gasteiger charge is -2.45. The molecule has 1 unspecified atom stereocenters. The molecule has 0 saturated heterocycles. The minimum Gasteiger partial charge on any atom is -0.247 e. The van der Waals surface area contributed by atoms with Crippen molar-refractivity contribution >= 4 is 0 Å². The summed E-state index contributed by atoms with van der Waals surface area (Å²) >= 11 is 0. The van der Waals surface area contributed by atoms with Crippen molar-refractivity contribution in [2.75, 3.05) is 0 Å². The zero-order valence-corrected chi connectivity index (χ0v) is 9.98. The fourth-order valence-corrected chi connectivity index (χ4v) is 2.70. The molecule has 0 spiro atoms. The third kappa shape index (κ3) is 2.96. The maximum absolute atomic E-state index is 12.9. The van der Waals surface area contributed by atoms with Crippen LogP contribution in [0, 0.1) is 11.3 Å². The van der Waals surface area contributed by atoms with Crippen LogP contribution in [0.25, 0.3) is 0 Å². The zero-order chi connectivity index (χ0) is 10.6. The molecule has 0 bridgehead atoms. The Balaban J connectivity index is 2.30. The lowest BCUT2D eigenvalue weighted by molar-refractivity contribution is 0.00470. The molecule has 0 nitrogen and oxygen atoms in total. The number of hydrogen-bond donors (Lipinski definition) is 0. The first-order valence-corrected chi connectivity index (χ1v) is 6.26. The Morgan fingerprint density at radius 3 is 2.36 bits per heavy atom. The van der Waals surface area contributed by atoms with Gasteiger partial charge < -0.3 is 0 Å². The average molecular weight is 200 g/mol. The highest BCUT2D eigenvalue weighted by atomic mass is 19.1. The molecule has 1 aliphatic rings. The molecule has 0 aromatic carbocycles. The smallest absolute Gasteiger partial charge is 0.101 e. The van der Waals surface area contributed by atoms with Crippen LogP contribution >= 0.6 is 0 Å². The largest absolute Gasteiger partial charge is 0.247 e. The van der Waals surface area contributed by atoms with Crippen LogP contribution < -0.4 is 0 Å². The number of alkyl halides is 1. The number of hydrogen-bond acceptors (Lipinski definition) is 0. The van der Waals surface area contributed by atoms with Crippen molar-refractivity contribution < 1.29 is 4.39 Å². The first-order valence-electron chi connectivity index (χ1n) is 6.26. The molecule has 0 amide bonds. The summed E-state index contributed by atoms with van der Waals surface area (Å²) in [4.78, 5) is 0. The fourth-order valence-electron chi connectivity index (χ4n) is 2.70. The monoisotopic (exact) mass is 200 g/mol. The third-order valence-electron chi connectivity index (χ3n) is 3.95. The van der Waals surface area contributed by atoms with Gasteiger partial charge in [0.2, 0.25) is 0 Å². The van der Waals surface area contributed by atoms with E-state index >= 15 is 0 Å². The molecule has 0 N–H and O–H groups in total. The zero-order valence-electron chi connectivity index (χ0n) is 9.98. The van der Waals surface area contributed by atoms with Gasteiger partial charge in [0, 0.05) is 0 Å². The Bertz CT molecular complexity index is 153. The minimum absolute atomic E-state index is 0.400. The Morgan fingerprint density at radius 2 is 1.93 bits per heavy atom. The molecule has 0 aromatic heterocycles. The van der Waals surface area contributed by atoms with E-state index in [-0.39, 0.29) is 0 Å². The molecule has 0 aromatic rings. The van der Waals surface area contributed by atoms with Crippen molar-refractivity contribution in [2.45, 2.75) is 71.9 Å². The van der Waals surface area contributed by atoms with E-state index in [9.17, 15) is 4.39 Å². The van der Waals surface area contributed by atoms with E-state index in [4.69, 9.17) is 0 Å². The summed E-state index contributed by atoms with van der Waals surface area (Å²) in [6.07, 6.45) is 7.48. The van der Waals surface area contributed by atoms with Gasteiger partial charge in [0.05, 0.1) is 0 Å². The van der Waals surface area contributed by atoms with Crippen molar-refractivity contribution in [3.8, 4) is 0 Å². The number of halogens is 1. The van der Waals surface area contributed by atoms with E-state index < -0.39 is 6.17 Å². The standard InChI is InChI=1S/C13H25F/c1-4-7-13(9-12(14)10-13)8-6-11(3)5-2/h11-12H,4-10H2,1-3H3. The van der Waals surface area contributed by atoms with E-state index in [1.165, 1.54) is 32.1 Å². The SMILES string of the molecule is CCCC1(CCC(C)CC)CC(F)C1. The lowest BCUT2D eigenvalue weighted by Crippen LogP contribution is -2.38. The van der Waals surface area contributed by atoms with E-state index in [0.717, 1.165) is 18.8 Å². The Morgan fingerprint density at radius 1 is 1.29 bits per heavy atom. The van der Waals surface area contributed by atoms with Crippen LogP contribution in [0.4, 0.5) is 4.39 Å². The second kappa shape index (κ2) is 5.14. The van der Waals surface area contributed by atoms with Gasteiger partial charge in [0.1, 0.15) is 6.17 Å². The maximum atomic E-state index is 12.9. The molecule has 1 aliphatic carbocycles. The van der Waals surface area contributed by atoms with Gasteiger partial charge in [-0.15, -0.1) is 0 Å². The summed E-state index contributed by atoms with van der Waals surface area (Å²) in [5, 5.41) is 0. The van der Waals surface area contributed by atoms with Gasteiger partial charge in [-0.25, -0.2) is 4.39 Å². The van der Waals surface area contributed by atoms with Gasteiger partial charge in [0.25, 0.3) is 0 Å². The van der Waals surface area contributed by atoms with Gasteiger partial charge in [-0.3, -0.25) is 0 Å². The minimum atomic E-state index is -0.488. The van der Waals surface area contributed by atoms with Crippen LogP contribution in [-0.4, -0.2) is 6.17 Å². The van der Waals surface area contributed by atoms with Crippen molar-refractivity contribution in [1.29, 1.82) is 0 Å². The van der Waals surface area contributed by atoms with Crippen LogP contribution in [0.2, 0.25) is 0 Å². The first-order chi connectivity index (χ1) is 6.62. The topological polar surface area (TPSA) is 0 Å². The fraction of sp³-hybridized carbons (Fsp3) is 1.00. The predicted octanol–water partition coefficient (Wildman–Crippen LogP) is 4.73. The van der Waals surface area contributed by atoms with Crippen LogP contribution in [0.3, 0.4) is 0 Å². The Labute approximate surface area is 88.3 Å². The summed E-state index contributed by atoms with van der Waals surface area (Å²) in [6, 6.07) is 0. The molecule has 0 radical (unpaired) electrons. The Kier molecular flexibility index (Phi) is 4.40. The van der Waals surface area contributed by atoms with E-state index in [2.05, 4.69) is 20.8 Å². The van der Waals surface area contributed by atoms with Crippen LogP contribution in [0.1, 0.15) is 65.7 Å². The molecule has 0 heterocycles. The summed E-state index contributed by atoms with van der Waals surface area (Å²) in [6.45, 7) is 6.78. The molecule has 1 rings (SSSR count). The summed E-state index contributed by atoms with van der Waals surface area (Å²) in [7, 11) is 0. The summed E-state index contributed by atoms with van der Waals surface area (Å²) in [5.41, 5.74) is 0.400. The number of rotatable bonds is 6. The molecular formula is C13H25F. The second-order valence-corrected chi connectivity index (χ2v) is 5.31. The molecule has 84 valence electrons. The van der Waals surface area contributed by atoms with Crippen LogP contribution in [0.5, 0.6) is 0 Å². The molecule has 0 aliphatic heterocycles. The van der Waals surface area contributed by atoms with Gasteiger partial charge in [-0.05, 0) is 37.0 Å². The molecule has 1 saturated carbocycles. The quantitative estimate of drug-likeness (QED) is 0.581. The molecule has 1 atom stereocenters. The third-order valence-corrected chi connectivity index (χ3v) is 3.95. The maximum Gasteiger partial charge on any atom is 0.101 e. The molecular weight excluding hydrogens is 175 g/mol. The average Bonchev–Trinajstić information content (AvgIpc) is 2.12. The molecule has 1 fully saturated rings. The lowest BCUT2D eigenvalue weighted by atomic mass is 9.62. The van der Waals surface area contributed by atoms with Gasteiger partial charge in [-0.2, -0.15) is 0 Å². The summed E-state index contributed by atoms with van der Waals surface area (Å²) < 4.78 is 12.9. The highest BCUT2D eigenvalue weighted by molar-refractivity contribution is 4.93. The van der Waals surface area contributed by atoms with Gasteiger partial charge in [-0.1, -0.05) is 40.0 Å². The highest BCUT2D eigenvalue weighted by Gasteiger charge is 2.43. The normalized spacial score (nSPS) is 33.9. The van der Waals surface area contributed by atoms with Crippen molar-refractivity contribution in [3.05, 3.63) is 0 Å².